The quantitative estimate of drug-likeness (QED) is 0.507. The average molecular weight is 470 g/mol. The van der Waals surface area contributed by atoms with Crippen LogP contribution in [0.15, 0.2) is 47.5 Å². The molecular formula is C21H25F2N3O5S. The number of aliphatic hydroxyl groups excluding tert-OH is 2. The standard InChI is InChI=1S/C21H25F2N3O5S/c1-32(30,31)16-4-2-14(3-5-16)17(8-13-9-18(22)19(23)10-13)21(29)24-20-6-7-26(25-20)11-15(28)12-27/h2-8,13,15,18-19,27-28H,9-12H2,1H3,(H,24,25,29)/b17-8+/t13?,15-,18?,19?/m1/s1. The summed E-state index contributed by atoms with van der Waals surface area (Å²) in [5.74, 6) is -0.896. The van der Waals surface area contributed by atoms with Gasteiger partial charge in [0.05, 0.1) is 24.2 Å². The zero-order valence-corrected chi connectivity index (χ0v) is 18.2. The number of rotatable bonds is 8. The number of carbonyl (C=O) groups is 1. The van der Waals surface area contributed by atoms with Crippen molar-refractivity contribution >= 4 is 27.1 Å². The maximum Gasteiger partial charge on any atom is 0.257 e. The van der Waals surface area contributed by atoms with Crippen LogP contribution in [-0.4, -0.2) is 65.6 Å². The second-order valence-electron chi connectivity index (χ2n) is 7.85. The Bertz CT molecular complexity index is 1080. The molecule has 0 aliphatic heterocycles. The van der Waals surface area contributed by atoms with Gasteiger partial charge >= 0.3 is 0 Å². The summed E-state index contributed by atoms with van der Waals surface area (Å²) < 4.78 is 52.1. The van der Waals surface area contributed by atoms with Crippen LogP contribution in [0.1, 0.15) is 18.4 Å². The molecule has 2 aromatic rings. The predicted octanol–water partition coefficient (Wildman–Crippen LogP) is 1.75. The number of nitrogens with zero attached hydrogens (tertiary/aromatic N) is 2. The summed E-state index contributed by atoms with van der Waals surface area (Å²) >= 11 is 0. The molecule has 11 heteroatoms. The molecule has 1 heterocycles. The van der Waals surface area contributed by atoms with E-state index in [-0.39, 0.29) is 35.7 Å². The van der Waals surface area contributed by atoms with Crippen LogP contribution in [0.3, 0.4) is 0 Å². The summed E-state index contributed by atoms with van der Waals surface area (Å²) in [7, 11) is -3.43. The fourth-order valence-electron chi connectivity index (χ4n) is 3.51. The molecule has 3 N–H and O–H groups in total. The normalized spacial score (nSPS) is 22.7. The van der Waals surface area contributed by atoms with Crippen molar-refractivity contribution in [2.75, 3.05) is 18.2 Å². The maximum atomic E-state index is 13.7. The molecule has 1 amide bonds. The van der Waals surface area contributed by atoms with E-state index in [9.17, 15) is 27.1 Å². The van der Waals surface area contributed by atoms with Gasteiger partial charge in [-0.1, -0.05) is 18.2 Å². The van der Waals surface area contributed by atoms with Crippen molar-refractivity contribution in [2.24, 2.45) is 5.92 Å². The molecular weight excluding hydrogens is 444 g/mol. The van der Waals surface area contributed by atoms with Crippen LogP contribution < -0.4 is 5.32 Å². The van der Waals surface area contributed by atoms with Crippen molar-refractivity contribution in [3.63, 3.8) is 0 Å². The first-order valence-corrected chi connectivity index (χ1v) is 11.9. The molecule has 174 valence electrons. The van der Waals surface area contributed by atoms with Crippen molar-refractivity contribution in [1.29, 1.82) is 0 Å². The number of carbonyl (C=O) groups excluding carboxylic acids is 1. The number of alkyl halides is 2. The molecule has 0 bridgehead atoms. The molecule has 8 nitrogen and oxygen atoms in total. The molecule has 1 aromatic heterocycles. The van der Waals surface area contributed by atoms with E-state index < -0.39 is 46.7 Å². The third kappa shape index (κ3) is 5.99. The number of amides is 1. The number of sulfone groups is 1. The molecule has 1 saturated carbocycles. The largest absolute Gasteiger partial charge is 0.394 e. The Labute approximate surface area is 184 Å². The number of hydrogen-bond donors (Lipinski definition) is 3. The lowest BCUT2D eigenvalue weighted by Gasteiger charge is -2.12. The zero-order chi connectivity index (χ0) is 23.5. The monoisotopic (exact) mass is 469 g/mol. The van der Waals surface area contributed by atoms with E-state index in [0.29, 0.717) is 5.56 Å². The van der Waals surface area contributed by atoms with Crippen molar-refractivity contribution in [2.45, 2.75) is 42.7 Å². The molecule has 32 heavy (non-hydrogen) atoms. The third-order valence-electron chi connectivity index (χ3n) is 5.18. The Morgan fingerprint density at radius 2 is 1.88 bits per heavy atom. The Morgan fingerprint density at radius 3 is 2.44 bits per heavy atom. The van der Waals surface area contributed by atoms with Gasteiger partial charge in [-0.25, -0.2) is 17.2 Å². The highest BCUT2D eigenvalue weighted by atomic mass is 32.2. The van der Waals surface area contributed by atoms with Crippen LogP contribution in [0.25, 0.3) is 5.57 Å². The van der Waals surface area contributed by atoms with Crippen molar-refractivity contribution < 1.29 is 32.2 Å². The smallest absolute Gasteiger partial charge is 0.257 e. The Hall–Kier alpha value is -2.63. The Morgan fingerprint density at radius 1 is 1.25 bits per heavy atom. The van der Waals surface area contributed by atoms with Crippen LogP contribution in [0.2, 0.25) is 0 Å². The summed E-state index contributed by atoms with van der Waals surface area (Å²) in [4.78, 5) is 13.1. The lowest BCUT2D eigenvalue weighted by atomic mass is 9.98. The molecule has 2 unspecified atom stereocenters. The van der Waals surface area contributed by atoms with Crippen LogP contribution >= 0.6 is 0 Å². The van der Waals surface area contributed by atoms with Gasteiger partial charge in [0.15, 0.2) is 15.7 Å². The van der Waals surface area contributed by atoms with Crippen LogP contribution in [-0.2, 0) is 21.2 Å². The van der Waals surface area contributed by atoms with E-state index >= 15 is 0 Å². The number of halogens is 2. The summed E-state index contributed by atoms with van der Waals surface area (Å²) in [5, 5.41) is 25.1. The third-order valence-corrected chi connectivity index (χ3v) is 6.31. The van der Waals surface area contributed by atoms with E-state index in [1.165, 1.54) is 47.3 Å². The van der Waals surface area contributed by atoms with Gasteiger partial charge in [0.1, 0.15) is 12.3 Å². The first-order valence-electron chi connectivity index (χ1n) is 10.0. The minimum absolute atomic E-state index is 0.0277. The van der Waals surface area contributed by atoms with E-state index in [4.69, 9.17) is 5.11 Å². The predicted molar refractivity (Wildman–Crippen MR) is 114 cm³/mol. The first-order chi connectivity index (χ1) is 15.1. The van der Waals surface area contributed by atoms with Crippen molar-refractivity contribution in [3.05, 3.63) is 48.2 Å². The number of benzene rings is 1. The summed E-state index contributed by atoms with van der Waals surface area (Å²) in [6.07, 6.45) is -0.215. The zero-order valence-electron chi connectivity index (χ0n) is 17.4. The molecule has 1 aliphatic carbocycles. The van der Waals surface area contributed by atoms with Gasteiger partial charge in [0, 0.05) is 24.1 Å². The molecule has 3 rings (SSSR count). The Kier molecular flexibility index (Phi) is 7.42. The lowest BCUT2D eigenvalue weighted by molar-refractivity contribution is -0.111. The van der Waals surface area contributed by atoms with Gasteiger partial charge in [-0.3, -0.25) is 9.48 Å². The summed E-state index contributed by atoms with van der Waals surface area (Å²) in [6.45, 7) is -0.412. The van der Waals surface area contributed by atoms with Crippen molar-refractivity contribution in [3.8, 4) is 0 Å². The van der Waals surface area contributed by atoms with Gasteiger partial charge in [-0.05, 0) is 36.5 Å². The Balaban J connectivity index is 1.86. The molecule has 1 fully saturated rings. The van der Waals surface area contributed by atoms with Crippen LogP contribution in [0, 0.1) is 5.92 Å². The van der Waals surface area contributed by atoms with Crippen molar-refractivity contribution in [1.82, 2.24) is 9.78 Å². The second kappa shape index (κ2) is 9.88. The van der Waals surface area contributed by atoms with E-state index in [0.717, 1.165) is 6.26 Å². The fourth-order valence-corrected chi connectivity index (χ4v) is 4.14. The number of allylic oxidation sites excluding steroid dienone is 1. The average Bonchev–Trinajstić information content (AvgIpc) is 3.30. The molecule has 0 spiro atoms. The second-order valence-corrected chi connectivity index (χ2v) is 9.87. The van der Waals surface area contributed by atoms with Gasteiger partial charge in [0.25, 0.3) is 5.91 Å². The minimum Gasteiger partial charge on any atom is -0.394 e. The number of hydrogen-bond acceptors (Lipinski definition) is 6. The molecule has 0 saturated heterocycles. The number of anilines is 1. The van der Waals surface area contributed by atoms with E-state index in [2.05, 4.69) is 10.4 Å². The van der Waals surface area contributed by atoms with Crippen LogP contribution in [0.4, 0.5) is 14.6 Å². The summed E-state index contributed by atoms with van der Waals surface area (Å²) in [6, 6.07) is 7.15. The SMILES string of the molecule is CS(=O)(=O)c1ccc(/C(=C\C2CC(F)C(F)C2)C(=O)Nc2ccn(C[C@@H](O)CO)n2)cc1. The lowest BCUT2D eigenvalue weighted by Crippen LogP contribution is -2.20. The maximum absolute atomic E-state index is 13.7. The van der Waals surface area contributed by atoms with Gasteiger partial charge in [-0.2, -0.15) is 5.10 Å². The van der Waals surface area contributed by atoms with E-state index in [1.807, 2.05) is 0 Å². The van der Waals surface area contributed by atoms with Gasteiger partial charge in [0.2, 0.25) is 0 Å². The van der Waals surface area contributed by atoms with Gasteiger partial charge in [-0.15, -0.1) is 0 Å². The highest BCUT2D eigenvalue weighted by Gasteiger charge is 2.34. The first kappa shape index (κ1) is 24.0. The number of nitrogens with one attached hydrogen (secondary N) is 1. The van der Waals surface area contributed by atoms with Crippen LogP contribution in [0.5, 0.6) is 0 Å². The fraction of sp³-hybridized carbons (Fsp3) is 0.429. The highest BCUT2D eigenvalue weighted by molar-refractivity contribution is 7.90. The molecule has 1 aromatic carbocycles. The minimum atomic E-state index is -3.43. The molecule has 0 radical (unpaired) electrons. The summed E-state index contributed by atoms with van der Waals surface area (Å²) in [5.41, 5.74) is 0.532. The highest BCUT2D eigenvalue weighted by Crippen LogP contribution is 2.34. The number of aliphatic hydroxyl groups is 2. The van der Waals surface area contributed by atoms with E-state index in [1.54, 1.807) is 0 Å². The molecule has 1 aliphatic rings. The molecule has 3 atom stereocenters. The topological polar surface area (TPSA) is 122 Å². The number of aromatic nitrogens is 2. The van der Waals surface area contributed by atoms with Gasteiger partial charge < -0.3 is 15.5 Å².